The topological polar surface area (TPSA) is 105 Å². The summed E-state index contributed by atoms with van der Waals surface area (Å²) in [6.07, 6.45) is 10.6. The van der Waals surface area contributed by atoms with Crippen LogP contribution in [0.1, 0.15) is 68.9 Å². The number of carbonyl (C=O) groups excluding carboxylic acids is 2. The fourth-order valence-electron chi connectivity index (χ4n) is 6.59. The molecule has 0 aliphatic heterocycles. The van der Waals surface area contributed by atoms with E-state index in [1.165, 1.54) is 6.92 Å². The van der Waals surface area contributed by atoms with E-state index in [9.17, 15) is 14.7 Å². The molecule has 4 aliphatic carbocycles. The second-order valence-electron chi connectivity index (χ2n) is 10.7. The van der Waals surface area contributed by atoms with Crippen molar-refractivity contribution in [3.63, 3.8) is 0 Å². The summed E-state index contributed by atoms with van der Waals surface area (Å²) in [5.41, 5.74) is 0.721. The summed E-state index contributed by atoms with van der Waals surface area (Å²) in [5.74, 6) is 1.34. The van der Waals surface area contributed by atoms with Crippen LogP contribution in [0.3, 0.4) is 0 Å². The third-order valence-electron chi connectivity index (χ3n) is 7.59. The van der Waals surface area contributed by atoms with E-state index in [1.54, 1.807) is 24.2 Å². The standard InChI is InChI=1S/C24H36N4O4/c1-15(30)27-23(2,3)5-6-28-20(13-32-4)19(12-25-28)22(31)26-21-17-7-16-8-18(21)11-24(9-16,10-17)14-29/h5-6,12,16-18,21,29H,7-11,13-14H2,1-4H3,(H,26,31)(H,27,30)/b6-5+/t16?,17?,18?,21-,24-. The van der Waals surface area contributed by atoms with Gasteiger partial charge < -0.3 is 20.5 Å². The average molecular weight is 445 g/mol. The zero-order chi connectivity index (χ0) is 23.1. The molecule has 2 amide bonds. The van der Waals surface area contributed by atoms with Crippen LogP contribution in [0.25, 0.3) is 6.20 Å². The van der Waals surface area contributed by atoms with E-state index in [0.717, 1.165) is 32.1 Å². The minimum atomic E-state index is -0.548. The van der Waals surface area contributed by atoms with Crippen molar-refractivity contribution in [3.8, 4) is 0 Å². The molecular formula is C24H36N4O4. The Hall–Kier alpha value is -2.19. The number of nitrogens with one attached hydrogen (secondary N) is 2. The monoisotopic (exact) mass is 444 g/mol. The van der Waals surface area contributed by atoms with E-state index < -0.39 is 5.54 Å². The maximum atomic E-state index is 13.3. The summed E-state index contributed by atoms with van der Waals surface area (Å²) in [6, 6.07) is 0.159. The predicted octanol–water partition coefficient (Wildman–Crippen LogP) is 2.33. The van der Waals surface area contributed by atoms with Gasteiger partial charge in [-0.2, -0.15) is 5.10 Å². The molecule has 8 nitrogen and oxygen atoms in total. The number of ether oxygens (including phenoxy) is 1. The van der Waals surface area contributed by atoms with E-state index in [2.05, 4.69) is 15.7 Å². The molecule has 0 saturated heterocycles. The molecule has 2 atom stereocenters. The fraction of sp³-hybridized carbons (Fsp3) is 0.708. The third kappa shape index (κ3) is 4.48. The number of aliphatic hydroxyl groups excluding tert-OH is 1. The summed E-state index contributed by atoms with van der Waals surface area (Å²) in [7, 11) is 1.59. The molecule has 0 aromatic carbocycles. The van der Waals surface area contributed by atoms with Gasteiger partial charge in [0.05, 0.1) is 29.6 Å². The van der Waals surface area contributed by atoms with Crippen molar-refractivity contribution < 1.29 is 19.4 Å². The normalized spacial score (nSPS) is 31.3. The lowest BCUT2D eigenvalue weighted by atomic mass is 9.48. The highest BCUT2D eigenvalue weighted by molar-refractivity contribution is 5.95. The van der Waals surface area contributed by atoms with Crippen molar-refractivity contribution in [3.05, 3.63) is 23.5 Å². The van der Waals surface area contributed by atoms with Gasteiger partial charge in [-0.3, -0.25) is 9.59 Å². The first-order chi connectivity index (χ1) is 15.1. The second kappa shape index (κ2) is 8.63. The van der Waals surface area contributed by atoms with Gasteiger partial charge in [0, 0.05) is 32.9 Å². The van der Waals surface area contributed by atoms with Gasteiger partial charge in [0.25, 0.3) is 5.91 Å². The number of amides is 2. The van der Waals surface area contributed by atoms with Crippen molar-refractivity contribution in [2.45, 2.75) is 71.1 Å². The lowest BCUT2D eigenvalue weighted by Crippen LogP contribution is -2.60. The van der Waals surface area contributed by atoms with Crippen LogP contribution in [-0.4, -0.2) is 52.0 Å². The Morgan fingerprint density at radius 1 is 1.31 bits per heavy atom. The second-order valence-corrected chi connectivity index (χ2v) is 10.7. The van der Waals surface area contributed by atoms with Crippen LogP contribution in [0.15, 0.2) is 12.3 Å². The molecule has 4 bridgehead atoms. The average Bonchev–Trinajstić information content (AvgIpc) is 3.11. The largest absolute Gasteiger partial charge is 0.396 e. The molecule has 4 fully saturated rings. The van der Waals surface area contributed by atoms with Crippen molar-refractivity contribution in [2.24, 2.45) is 23.2 Å². The van der Waals surface area contributed by atoms with Crippen LogP contribution in [0.2, 0.25) is 0 Å². The van der Waals surface area contributed by atoms with Crippen LogP contribution >= 0.6 is 0 Å². The molecule has 8 heteroatoms. The van der Waals surface area contributed by atoms with Crippen molar-refractivity contribution in [1.29, 1.82) is 0 Å². The number of rotatable bonds is 8. The molecule has 4 saturated carbocycles. The van der Waals surface area contributed by atoms with E-state index in [-0.39, 0.29) is 36.5 Å². The van der Waals surface area contributed by atoms with E-state index in [4.69, 9.17) is 4.74 Å². The minimum Gasteiger partial charge on any atom is -0.396 e. The Kier molecular flexibility index (Phi) is 6.20. The summed E-state index contributed by atoms with van der Waals surface area (Å²) in [5, 5.41) is 20.6. The Balaban J connectivity index is 1.50. The minimum absolute atomic E-state index is 0.0787. The molecule has 1 aromatic heterocycles. The molecular weight excluding hydrogens is 408 g/mol. The zero-order valence-electron chi connectivity index (χ0n) is 19.6. The highest BCUT2D eigenvalue weighted by Crippen LogP contribution is 2.59. The highest BCUT2D eigenvalue weighted by Gasteiger charge is 2.55. The van der Waals surface area contributed by atoms with E-state index in [0.29, 0.717) is 29.0 Å². The Morgan fingerprint density at radius 3 is 2.59 bits per heavy atom. The van der Waals surface area contributed by atoms with Crippen molar-refractivity contribution >= 4 is 18.0 Å². The fourth-order valence-corrected chi connectivity index (χ4v) is 6.59. The molecule has 0 radical (unpaired) electrons. The maximum absolute atomic E-state index is 13.3. The first kappa shape index (κ1) is 23.0. The van der Waals surface area contributed by atoms with Gasteiger partial charge in [0.2, 0.25) is 5.91 Å². The molecule has 2 unspecified atom stereocenters. The molecule has 3 N–H and O–H groups in total. The van der Waals surface area contributed by atoms with Crippen LogP contribution in [0, 0.1) is 23.2 Å². The van der Waals surface area contributed by atoms with E-state index >= 15 is 0 Å². The number of aromatic nitrogens is 2. The van der Waals surface area contributed by atoms with Crippen molar-refractivity contribution in [2.75, 3.05) is 13.7 Å². The summed E-state index contributed by atoms with van der Waals surface area (Å²) >= 11 is 0. The third-order valence-corrected chi connectivity index (χ3v) is 7.59. The SMILES string of the molecule is COCc1c(C(=O)N[C@H]2C3CC4CC2C[C@](CO)(C4)C3)cnn1/C=C/C(C)(C)NC(C)=O. The van der Waals surface area contributed by atoms with Gasteiger partial charge in [-0.1, -0.05) is 0 Å². The summed E-state index contributed by atoms with van der Waals surface area (Å²) in [6.45, 7) is 5.78. The Labute approximate surface area is 189 Å². The van der Waals surface area contributed by atoms with Gasteiger partial charge in [0.15, 0.2) is 0 Å². The molecule has 1 heterocycles. The maximum Gasteiger partial charge on any atom is 0.255 e. The molecule has 4 aliphatic rings. The highest BCUT2D eigenvalue weighted by atomic mass is 16.5. The van der Waals surface area contributed by atoms with Gasteiger partial charge in [0.1, 0.15) is 0 Å². The number of nitrogens with zero attached hydrogens (tertiary/aromatic N) is 2. The molecule has 0 spiro atoms. The molecule has 5 rings (SSSR count). The van der Waals surface area contributed by atoms with Crippen LogP contribution in [-0.2, 0) is 16.1 Å². The lowest BCUT2D eigenvalue weighted by molar-refractivity contribution is -0.120. The number of hydrogen-bond donors (Lipinski definition) is 3. The Bertz CT molecular complexity index is 890. The van der Waals surface area contributed by atoms with Crippen LogP contribution < -0.4 is 10.6 Å². The van der Waals surface area contributed by atoms with Crippen LogP contribution in [0.5, 0.6) is 0 Å². The van der Waals surface area contributed by atoms with E-state index in [1.807, 2.05) is 19.9 Å². The number of methoxy groups -OCH3 is 1. The number of carbonyl (C=O) groups is 2. The molecule has 32 heavy (non-hydrogen) atoms. The molecule has 176 valence electrons. The first-order valence-electron chi connectivity index (χ1n) is 11.6. The van der Waals surface area contributed by atoms with Crippen molar-refractivity contribution in [1.82, 2.24) is 20.4 Å². The summed E-state index contributed by atoms with van der Waals surface area (Å²) < 4.78 is 6.99. The van der Waals surface area contributed by atoms with Gasteiger partial charge in [-0.05, 0) is 75.2 Å². The summed E-state index contributed by atoms with van der Waals surface area (Å²) in [4.78, 5) is 24.7. The number of aliphatic hydroxyl groups is 1. The quantitative estimate of drug-likeness (QED) is 0.571. The van der Waals surface area contributed by atoms with Gasteiger partial charge in [-0.25, -0.2) is 4.68 Å². The number of hydrogen-bond acceptors (Lipinski definition) is 5. The lowest BCUT2D eigenvalue weighted by Gasteiger charge is -2.59. The zero-order valence-corrected chi connectivity index (χ0v) is 19.6. The molecule has 1 aromatic rings. The van der Waals surface area contributed by atoms with Gasteiger partial charge in [-0.15, -0.1) is 0 Å². The van der Waals surface area contributed by atoms with Crippen LogP contribution in [0.4, 0.5) is 0 Å². The Morgan fingerprint density at radius 2 is 2.00 bits per heavy atom. The first-order valence-corrected chi connectivity index (χ1v) is 11.6. The smallest absolute Gasteiger partial charge is 0.255 e. The van der Waals surface area contributed by atoms with Gasteiger partial charge >= 0.3 is 0 Å². The predicted molar refractivity (Wildman–Crippen MR) is 120 cm³/mol.